The summed E-state index contributed by atoms with van der Waals surface area (Å²) in [6.45, 7) is 0. The molecule has 1 aliphatic rings. The Hall–Kier alpha value is 1.01. The summed E-state index contributed by atoms with van der Waals surface area (Å²) in [4.78, 5) is 0. The Bertz CT molecular complexity index is 207. The first-order chi connectivity index (χ1) is 4.97. The molecule has 0 N–H and O–H groups in total. The van der Waals surface area contributed by atoms with Gasteiger partial charge in [0.25, 0.3) is 0 Å². The molecule has 0 spiro atoms. The van der Waals surface area contributed by atoms with Crippen molar-refractivity contribution in [3.05, 3.63) is 24.3 Å². The second-order valence-electron chi connectivity index (χ2n) is 2.14. The quantitative estimate of drug-likeness (QED) is 0.457. The predicted molar refractivity (Wildman–Crippen MR) is 46.8 cm³/mol. The van der Waals surface area contributed by atoms with Gasteiger partial charge in [0.2, 0.25) is 0 Å². The van der Waals surface area contributed by atoms with E-state index in [0.29, 0.717) is 0 Å². The number of fused-ring (bicyclic) bond motifs is 1. The van der Waals surface area contributed by atoms with Gasteiger partial charge in [-0.2, -0.15) is 0 Å². The maximum atomic E-state index is 2.37. The predicted octanol–water partition coefficient (Wildman–Crippen LogP) is 0.196. The summed E-state index contributed by atoms with van der Waals surface area (Å²) < 4.78 is 6.89. The van der Waals surface area contributed by atoms with Crippen LogP contribution < -0.4 is 6.44 Å². The van der Waals surface area contributed by atoms with Gasteiger partial charge in [0.15, 0.2) is 0 Å². The molecular formula is C8H8Po2. The third kappa shape index (κ3) is 1.60. The minimum atomic E-state index is -0.0305. The molecule has 0 bridgehead atoms. The van der Waals surface area contributed by atoms with Crippen molar-refractivity contribution in [3.8, 4) is 0 Å². The van der Waals surface area contributed by atoms with Crippen LogP contribution >= 0.6 is 0 Å². The molecule has 0 aromatic heterocycles. The Morgan fingerprint density at radius 2 is 1.40 bits per heavy atom. The van der Waals surface area contributed by atoms with E-state index in [1.54, 1.807) is 8.16 Å². The number of rotatable bonds is 0. The molecule has 0 nitrogen and oxygen atoms in total. The molecule has 10 heavy (non-hydrogen) atoms. The number of hydrogen-bond donors (Lipinski definition) is 0. The summed E-state index contributed by atoms with van der Waals surface area (Å²) in [5.41, 5.74) is 0. The van der Waals surface area contributed by atoms with Gasteiger partial charge in [-0.25, -0.2) is 0 Å². The third-order valence-corrected chi connectivity index (χ3v) is 16.9. The molecule has 1 aliphatic heterocycles. The summed E-state index contributed by atoms with van der Waals surface area (Å²) in [7, 11) is 0. The zero-order chi connectivity index (χ0) is 6.81. The van der Waals surface area contributed by atoms with Crippen LogP contribution in [0, 0.1) is 0 Å². The summed E-state index contributed by atoms with van der Waals surface area (Å²) in [6.07, 6.45) is 0. The Labute approximate surface area is 85.0 Å². The van der Waals surface area contributed by atoms with Crippen molar-refractivity contribution < 1.29 is 0 Å². The van der Waals surface area contributed by atoms with Gasteiger partial charge in [0.1, 0.15) is 0 Å². The van der Waals surface area contributed by atoms with E-state index in [9.17, 15) is 0 Å². The topological polar surface area (TPSA) is 0 Å². The van der Waals surface area contributed by atoms with Crippen molar-refractivity contribution in [1.29, 1.82) is 0 Å². The summed E-state index contributed by atoms with van der Waals surface area (Å²) in [6, 6.07) is 9.17. The standard InChI is InChI=1S/C6H4.C2H4.2Po/c1-2-4-6-5-3-1;1-2;;/h1-4H;1-2H2;;. The van der Waals surface area contributed by atoms with E-state index >= 15 is 0 Å². The second kappa shape index (κ2) is 3.61. The van der Waals surface area contributed by atoms with Crippen LogP contribution in [0.3, 0.4) is 0 Å². The van der Waals surface area contributed by atoms with Gasteiger partial charge < -0.3 is 0 Å². The first-order valence-electron chi connectivity index (χ1n) is 3.31. The van der Waals surface area contributed by atoms with Crippen LogP contribution in [0.5, 0.6) is 0 Å². The Morgan fingerprint density at radius 1 is 0.900 bits per heavy atom. The zero-order valence-corrected chi connectivity index (χ0v) is 11.9. The van der Waals surface area contributed by atoms with E-state index in [4.69, 9.17) is 0 Å². The molecule has 52 valence electrons. The van der Waals surface area contributed by atoms with Gasteiger partial charge in [-0.3, -0.25) is 0 Å². The molecule has 2 heteroatoms. The minimum absolute atomic E-state index is 0.0305. The Balaban J connectivity index is 2.41. The van der Waals surface area contributed by atoms with Crippen molar-refractivity contribution in [2.45, 2.75) is 8.16 Å². The van der Waals surface area contributed by atoms with Gasteiger partial charge in [-0.15, -0.1) is 0 Å². The molecule has 0 aliphatic carbocycles. The van der Waals surface area contributed by atoms with E-state index < -0.39 is 0 Å². The van der Waals surface area contributed by atoms with Crippen LogP contribution in [-0.4, -0.2) is 47.1 Å². The first-order valence-corrected chi connectivity index (χ1v) is 11.0. The summed E-state index contributed by atoms with van der Waals surface area (Å²) >= 11 is -0.0609. The van der Waals surface area contributed by atoms with E-state index in [1.165, 1.54) is 0 Å². The average Bonchev–Trinajstić information content (AvgIpc) is 2.05. The van der Waals surface area contributed by atoms with Crippen molar-refractivity contribution >= 4 is 53.6 Å². The van der Waals surface area contributed by atoms with Crippen molar-refractivity contribution in [1.82, 2.24) is 0 Å². The molecule has 1 aromatic rings. The van der Waals surface area contributed by atoms with Gasteiger partial charge in [0.05, 0.1) is 0 Å². The zero-order valence-electron chi connectivity index (χ0n) is 5.54. The van der Waals surface area contributed by atoms with Crippen molar-refractivity contribution in [2.75, 3.05) is 0 Å². The summed E-state index contributed by atoms with van der Waals surface area (Å²) in [5.74, 6) is 0. The molecular weight excluding hydrogens is 514 g/mol. The molecule has 1 heterocycles. The molecule has 0 fully saturated rings. The van der Waals surface area contributed by atoms with Gasteiger partial charge in [-0.1, -0.05) is 0 Å². The fourth-order valence-corrected chi connectivity index (χ4v) is 16.0. The monoisotopic (exact) mass is 522 g/mol. The van der Waals surface area contributed by atoms with Crippen LogP contribution in [0.2, 0.25) is 8.16 Å². The molecule has 0 unspecified atom stereocenters. The van der Waals surface area contributed by atoms with Crippen molar-refractivity contribution in [2.24, 2.45) is 0 Å². The molecule has 0 saturated carbocycles. The van der Waals surface area contributed by atoms with Gasteiger partial charge in [-0.05, 0) is 0 Å². The van der Waals surface area contributed by atoms with E-state index in [0.717, 1.165) is 0 Å². The third-order valence-electron chi connectivity index (χ3n) is 1.45. The Kier molecular flexibility index (Phi) is 2.76. The Morgan fingerprint density at radius 3 is 1.90 bits per heavy atom. The fourth-order valence-electron chi connectivity index (χ4n) is 0.992. The first kappa shape index (κ1) is 7.65. The van der Waals surface area contributed by atoms with Gasteiger partial charge in [0, 0.05) is 0 Å². The molecule has 0 atom stereocenters. The SMILES string of the molecule is c1cc[c]2[c](c1)[Po][CH2][CH2][Po]2. The normalized spacial score (nSPS) is 16.4. The van der Waals surface area contributed by atoms with Crippen LogP contribution in [0.1, 0.15) is 0 Å². The van der Waals surface area contributed by atoms with E-state index in [-0.39, 0.29) is 47.1 Å². The molecule has 1 aromatic carbocycles. The molecule has 2 rings (SSSR count). The van der Waals surface area contributed by atoms with Gasteiger partial charge >= 0.3 is 86.0 Å². The molecule has 0 radical (unpaired) electrons. The van der Waals surface area contributed by atoms with Crippen LogP contribution in [0.25, 0.3) is 0 Å². The maximum absolute atomic E-state index is 2.37. The number of benzene rings is 1. The van der Waals surface area contributed by atoms with Crippen LogP contribution in [-0.2, 0) is 0 Å². The molecule has 0 amide bonds. The van der Waals surface area contributed by atoms with Crippen molar-refractivity contribution in [3.63, 3.8) is 0 Å². The van der Waals surface area contributed by atoms with Crippen LogP contribution in [0.4, 0.5) is 0 Å². The molecule has 0 saturated heterocycles. The number of hydrogen-bond acceptors (Lipinski definition) is 0. The second-order valence-corrected chi connectivity index (χ2v) is 11.0. The van der Waals surface area contributed by atoms with Crippen LogP contribution in [0.15, 0.2) is 24.3 Å². The summed E-state index contributed by atoms with van der Waals surface area (Å²) in [5, 5.41) is 0. The average molecular weight is 522 g/mol. The van der Waals surface area contributed by atoms with E-state index in [1.807, 2.05) is 6.44 Å². The fraction of sp³-hybridized carbons (Fsp3) is 0.250. The van der Waals surface area contributed by atoms with E-state index in [2.05, 4.69) is 24.3 Å².